The van der Waals surface area contributed by atoms with Crippen LogP contribution in [0.25, 0.3) is 0 Å². The number of aromatic nitrogens is 1. The van der Waals surface area contributed by atoms with E-state index in [4.69, 9.17) is 0 Å². The summed E-state index contributed by atoms with van der Waals surface area (Å²) in [6.45, 7) is 2.45. The zero-order valence-corrected chi connectivity index (χ0v) is 10.1. The molecule has 2 aromatic rings. The molecule has 1 aromatic carbocycles. The molecule has 1 heterocycles. The largest absolute Gasteiger partial charge is 0.329 e. The number of benzene rings is 1. The van der Waals surface area contributed by atoms with Crippen LogP contribution in [0.5, 0.6) is 0 Å². The number of H-pyrrole nitrogens is 1. The number of hydrogen-bond acceptors (Lipinski definition) is 2. The smallest absolute Gasteiger partial charge is 0.258 e. The van der Waals surface area contributed by atoms with Crippen molar-refractivity contribution in [3.8, 4) is 0 Å². The van der Waals surface area contributed by atoms with Crippen molar-refractivity contribution in [2.24, 2.45) is 0 Å². The molecule has 0 saturated carbocycles. The highest BCUT2D eigenvalue weighted by Crippen LogP contribution is 2.15. The van der Waals surface area contributed by atoms with Crippen molar-refractivity contribution in [2.45, 2.75) is 6.92 Å². The molecule has 4 nitrogen and oxygen atoms in total. The third-order valence-corrected chi connectivity index (χ3v) is 2.65. The van der Waals surface area contributed by atoms with Gasteiger partial charge in [0, 0.05) is 30.1 Å². The molecule has 2 rings (SSSR count). The van der Waals surface area contributed by atoms with Gasteiger partial charge in [-0.15, -0.1) is 0 Å². The first-order valence-corrected chi connectivity index (χ1v) is 5.78. The summed E-state index contributed by atoms with van der Waals surface area (Å²) in [6, 6.07) is 12.3. The molecule has 0 fully saturated rings. The predicted octanol–water partition coefficient (Wildman–Crippen LogP) is 2.04. The van der Waals surface area contributed by atoms with Crippen LogP contribution in [0.3, 0.4) is 0 Å². The van der Waals surface area contributed by atoms with Gasteiger partial charge < -0.3 is 9.88 Å². The number of hydrogen-bond donors (Lipinski definition) is 1. The van der Waals surface area contributed by atoms with Crippen LogP contribution >= 0.6 is 0 Å². The fourth-order valence-electron chi connectivity index (χ4n) is 1.78. The summed E-state index contributed by atoms with van der Waals surface area (Å²) >= 11 is 0. The molecule has 0 bridgehead atoms. The summed E-state index contributed by atoms with van der Waals surface area (Å²) in [7, 11) is 0. The maximum Gasteiger partial charge on any atom is 0.258 e. The SMILES string of the molecule is CCN(C(=O)c1cc[nH]c(=O)c1)c1ccccc1. The van der Waals surface area contributed by atoms with Crippen LogP contribution in [0.1, 0.15) is 17.3 Å². The Morgan fingerprint density at radius 3 is 2.56 bits per heavy atom. The summed E-state index contributed by atoms with van der Waals surface area (Å²) in [6.07, 6.45) is 1.48. The zero-order valence-electron chi connectivity index (χ0n) is 10.1. The molecule has 1 N–H and O–H groups in total. The van der Waals surface area contributed by atoms with Crippen molar-refractivity contribution >= 4 is 11.6 Å². The van der Waals surface area contributed by atoms with Crippen LogP contribution in [-0.2, 0) is 0 Å². The number of rotatable bonds is 3. The van der Waals surface area contributed by atoms with Gasteiger partial charge in [-0.05, 0) is 25.1 Å². The van der Waals surface area contributed by atoms with Crippen LogP contribution in [-0.4, -0.2) is 17.4 Å². The molecular formula is C14H14N2O2. The van der Waals surface area contributed by atoms with Crippen LogP contribution in [0.2, 0.25) is 0 Å². The van der Waals surface area contributed by atoms with Gasteiger partial charge in [-0.3, -0.25) is 9.59 Å². The molecular weight excluding hydrogens is 228 g/mol. The highest BCUT2D eigenvalue weighted by molar-refractivity contribution is 6.05. The van der Waals surface area contributed by atoms with E-state index in [1.807, 2.05) is 37.3 Å². The van der Waals surface area contributed by atoms with Crippen molar-refractivity contribution in [1.29, 1.82) is 0 Å². The van der Waals surface area contributed by atoms with Gasteiger partial charge in [0.15, 0.2) is 0 Å². The first-order chi connectivity index (χ1) is 8.72. The first kappa shape index (κ1) is 12.1. The van der Waals surface area contributed by atoms with E-state index in [9.17, 15) is 9.59 Å². The molecule has 1 amide bonds. The Bertz CT molecular complexity index is 590. The number of nitrogens with one attached hydrogen (secondary N) is 1. The Labute approximate surface area is 105 Å². The Hall–Kier alpha value is -2.36. The molecule has 0 aliphatic heterocycles. The second-order valence-corrected chi connectivity index (χ2v) is 3.83. The van der Waals surface area contributed by atoms with Gasteiger partial charge in [-0.25, -0.2) is 0 Å². The highest BCUT2D eigenvalue weighted by atomic mass is 16.2. The third kappa shape index (κ3) is 2.48. The van der Waals surface area contributed by atoms with Crippen LogP contribution in [0.4, 0.5) is 5.69 Å². The Balaban J connectivity index is 2.34. The molecule has 4 heteroatoms. The van der Waals surface area contributed by atoms with Gasteiger partial charge in [-0.1, -0.05) is 18.2 Å². The van der Waals surface area contributed by atoms with Gasteiger partial charge in [0.25, 0.3) is 5.91 Å². The lowest BCUT2D eigenvalue weighted by atomic mass is 10.2. The molecule has 0 aliphatic carbocycles. The lowest BCUT2D eigenvalue weighted by molar-refractivity contribution is 0.0988. The maximum absolute atomic E-state index is 12.3. The molecule has 0 radical (unpaired) electrons. The van der Waals surface area contributed by atoms with E-state index in [1.54, 1.807) is 11.0 Å². The zero-order chi connectivity index (χ0) is 13.0. The topological polar surface area (TPSA) is 53.2 Å². The molecule has 0 saturated heterocycles. The lowest BCUT2D eigenvalue weighted by Gasteiger charge is -2.20. The Kier molecular flexibility index (Phi) is 3.57. The van der Waals surface area contributed by atoms with Crippen LogP contribution in [0, 0.1) is 0 Å². The predicted molar refractivity (Wildman–Crippen MR) is 70.9 cm³/mol. The number of anilines is 1. The second-order valence-electron chi connectivity index (χ2n) is 3.83. The van der Waals surface area contributed by atoms with E-state index >= 15 is 0 Å². The lowest BCUT2D eigenvalue weighted by Crippen LogP contribution is -2.31. The molecule has 0 spiro atoms. The number of pyridine rings is 1. The molecule has 0 aliphatic rings. The summed E-state index contributed by atoms with van der Waals surface area (Å²) in [4.78, 5) is 27.6. The monoisotopic (exact) mass is 242 g/mol. The standard InChI is InChI=1S/C14H14N2O2/c1-2-16(12-6-4-3-5-7-12)14(18)11-8-9-15-13(17)10-11/h3-10H,2H2,1H3,(H,15,17). The van der Waals surface area contributed by atoms with Gasteiger partial charge in [0.2, 0.25) is 5.56 Å². The van der Waals surface area contributed by atoms with E-state index < -0.39 is 0 Å². The fourth-order valence-corrected chi connectivity index (χ4v) is 1.78. The van der Waals surface area contributed by atoms with E-state index in [0.29, 0.717) is 12.1 Å². The molecule has 92 valence electrons. The highest BCUT2D eigenvalue weighted by Gasteiger charge is 2.15. The number of carbonyl (C=O) groups is 1. The Morgan fingerprint density at radius 2 is 1.94 bits per heavy atom. The Morgan fingerprint density at radius 1 is 1.22 bits per heavy atom. The van der Waals surface area contributed by atoms with Crippen LogP contribution < -0.4 is 10.5 Å². The van der Waals surface area contributed by atoms with Crippen molar-refractivity contribution < 1.29 is 4.79 Å². The number of carbonyl (C=O) groups excluding carboxylic acids is 1. The van der Waals surface area contributed by atoms with E-state index in [2.05, 4.69) is 4.98 Å². The third-order valence-electron chi connectivity index (χ3n) is 2.65. The summed E-state index contributed by atoms with van der Waals surface area (Å²) < 4.78 is 0. The molecule has 18 heavy (non-hydrogen) atoms. The molecule has 1 aromatic heterocycles. The first-order valence-electron chi connectivity index (χ1n) is 5.78. The normalized spacial score (nSPS) is 10.1. The number of amides is 1. The van der Waals surface area contributed by atoms with E-state index in [0.717, 1.165) is 5.69 Å². The van der Waals surface area contributed by atoms with Crippen molar-refractivity contribution in [3.63, 3.8) is 0 Å². The van der Waals surface area contributed by atoms with Crippen LogP contribution in [0.15, 0.2) is 53.5 Å². The molecule has 0 atom stereocenters. The average molecular weight is 242 g/mol. The number of aromatic amines is 1. The summed E-state index contributed by atoms with van der Waals surface area (Å²) in [5.41, 5.74) is 0.944. The van der Waals surface area contributed by atoms with Gasteiger partial charge in [0.05, 0.1) is 0 Å². The summed E-state index contributed by atoms with van der Waals surface area (Å²) in [5.74, 6) is -0.171. The average Bonchev–Trinajstić information content (AvgIpc) is 2.41. The number of nitrogens with zero attached hydrogens (tertiary/aromatic N) is 1. The minimum Gasteiger partial charge on any atom is -0.329 e. The van der Waals surface area contributed by atoms with Crippen molar-refractivity contribution in [1.82, 2.24) is 4.98 Å². The minimum atomic E-state index is -0.273. The van der Waals surface area contributed by atoms with Crippen molar-refractivity contribution in [2.75, 3.05) is 11.4 Å². The minimum absolute atomic E-state index is 0.171. The molecule has 0 unspecified atom stereocenters. The van der Waals surface area contributed by atoms with Crippen molar-refractivity contribution in [3.05, 3.63) is 64.6 Å². The van der Waals surface area contributed by atoms with Gasteiger partial charge >= 0.3 is 0 Å². The number of para-hydroxylation sites is 1. The maximum atomic E-state index is 12.3. The van der Waals surface area contributed by atoms with E-state index in [1.165, 1.54) is 12.3 Å². The second kappa shape index (κ2) is 5.31. The quantitative estimate of drug-likeness (QED) is 0.895. The summed E-state index contributed by atoms with van der Waals surface area (Å²) in [5, 5.41) is 0. The van der Waals surface area contributed by atoms with Gasteiger partial charge in [-0.2, -0.15) is 0 Å². The van der Waals surface area contributed by atoms with E-state index in [-0.39, 0.29) is 11.5 Å². The van der Waals surface area contributed by atoms with Gasteiger partial charge in [0.1, 0.15) is 0 Å². The fraction of sp³-hybridized carbons (Fsp3) is 0.143.